The zero-order valence-corrected chi connectivity index (χ0v) is 16.7. The number of hydrogen-bond donors (Lipinski definition) is 2. The van der Waals surface area contributed by atoms with Crippen molar-refractivity contribution >= 4 is 28.9 Å². The molecule has 0 radical (unpaired) electrons. The summed E-state index contributed by atoms with van der Waals surface area (Å²) < 4.78 is 5.78. The van der Waals surface area contributed by atoms with E-state index >= 15 is 0 Å². The number of benzene rings is 3. The molecular weight excluding hydrogens is 368 g/mol. The van der Waals surface area contributed by atoms with Gasteiger partial charge in [-0.25, -0.2) is 0 Å². The Labute approximate surface area is 170 Å². The van der Waals surface area contributed by atoms with Gasteiger partial charge in [0.25, 0.3) is 5.91 Å². The highest BCUT2D eigenvalue weighted by molar-refractivity contribution is 7.80. The summed E-state index contributed by atoms with van der Waals surface area (Å²) in [6.07, 6.45) is 0. The van der Waals surface area contributed by atoms with Crippen LogP contribution >= 0.6 is 12.2 Å². The number of carbonyl (C=O) groups is 1. The van der Waals surface area contributed by atoms with Crippen LogP contribution in [0.4, 0.5) is 5.69 Å². The Morgan fingerprint density at radius 3 is 2.50 bits per heavy atom. The maximum Gasteiger partial charge on any atom is 0.257 e. The second-order valence-corrected chi connectivity index (χ2v) is 6.87. The fourth-order valence-electron chi connectivity index (χ4n) is 2.68. The second kappa shape index (κ2) is 9.15. The summed E-state index contributed by atoms with van der Waals surface area (Å²) in [7, 11) is 0. The van der Waals surface area contributed by atoms with Crippen LogP contribution in [0, 0.1) is 13.8 Å². The number of ether oxygens (including phenoxy) is 1. The Hall–Kier alpha value is -3.18. The molecule has 0 unspecified atom stereocenters. The lowest BCUT2D eigenvalue weighted by atomic mass is 10.1. The highest BCUT2D eigenvalue weighted by atomic mass is 32.1. The highest BCUT2D eigenvalue weighted by Gasteiger charge is 2.10. The molecule has 0 atom stereocenters. The first kappa shape index (κ1) is 19.6. The third-order valence-electron chi connectivity index (χ3n) is 4.42. The maximum absolute atomic E-state index is 12.5. The number of hydrogen-bond acceptors (Lipinski definition) is 3. The van der Waals surface area contributed by atoms with Gasteiger partial charge in [-0.1, -0.05) is 48.5 Å². The SMILES string of the molecule is Cc1cccc(NC(=S)NC(=O)c2cccc(OCc3ccccc3)c2)c1C. The van der Waals surface area contributed by atoms with Gasteiger partial charge >= 0.3 is 0 Å². The standard InChI is InChI=1S/C23H22N2O2S/c1-16-8-6-13-21(17(16)2)24-23(28)25-22(26)19-11-7-12-20(14-19)27-15-18-9-4-3-5-10-18/h3-14H,15H2,1-2H3,(H2,24,25,26,28). The predicted octanol–water partition coefficient (Wildman–Crippen LogP) is 5.01. The van der Waals surface area contributed by atoms with Gasteiger partial charge in [-0.15, -0.1) is 0 Å². The summed E-state index contributed by atoms with van der Waals surface area (Å²) in [4.78, 5) is 12.5. The number of anilines is 1. The van der Waals surface area contributed by atoms with Gasteiger partial charge in [0.05, 0.1) is 0 Å². The zero-order valence-electron chi connectivity index (χ0n) is 15.9. The lowest BCUT2D eigenvalue weighted by Gasteiger charge is -2.13. The van der Waals surface area contributed by atoms with E-state index in [4.69, 9.17) is 17.0 Å². The van der Waals surface area contributed by atoms with E-state index < -0.39 is 0 Å². The van der Waals surface area contributed by atoms with E-state index in [-0.39, 0.29) is 11.0 Å². The molecule has 0 saturated carbocycles. The molecule has 0 aliphatic carbocycles. The quantitative estimate of drug-likeness (QED) is 0.601. The van der Waals surface area contributed by atoms with E-state index in [1.807, 2.05) is 68.4 Å². The monoisotopic (exact) mass is 390 g/mol. The van der Waals surface area contributed by atoms with Crippen molar-refractivity contribution in [1.29, 1.82) is 0 Å². The number of carbonyl (C=O) groups excluding carboxylic acids is 1. The number of rotatable bonds is 5. The van der Waals surface area contributed by atoms with Crippen molar-refractivity contribution in [3.05, 3.63) is 95.1 Å². The molecule has 5 heteroatoms. The molecule has 2 N–H and O–H groups in total. The summed E-state index contributed by atoms with van der Waals surface area (Å²) in [6.45, 7) is 4.48. The topological polar surface area (TPSA) is 50.4 Å². The molecule has 0 saturated heterocycles. The van der Waals surface area contributed by atoms with Crippen molar-refractivity contribution in [3.63, 3.8) is 0 Å². The number of nitrogens with one attached hydrogen (secondary N) is 2. The van der Waals surface area contributed by atoms with E-state index in [0.717, 1.165) is 22.4 Å². The van der Waals surface area contributed by atoms with Gasteiger partial charge in [-0.3, -0.25) is 10.1 Å². The first-order valence-corrected chi connectivity index (χ1v) is 9.39. The van der Waals surface area contributed by atoms with Gasteiger partial charge in [0.15, 0.2) is 5.11 Å². The maximum atomic E-state index is 12.5. The number of amides is 1. The van der Waals surface area contributed by atoms with Crippen LogP contribution in [0.3, 0.4) is 0 Å². The average molecular weight is 391 g/mol. The van der Waals surface area contributed by atoms with Crippen molar-refractivity contribution in [2.24, 2.45) is 0 Å². The lowest BCUT2D eigenvalue weighted by Crippen LogP contribution is -2.34. The number of thiocarbonyl (C=S) groups is 1. The van der Waals surface area contributed by atoms with E-state index in [1.54, 1.807) is 18.2 Å². The molecule has 0 aromatic heterocycles. The molecule has 3 rings (SSSR count). The van der Waals surface area contributed by atoms with E-state index in [0.29, 0.717) is 17.9 Å². The van der Waals surface area contributed by atoms with Crippen LogP contribution < -0.4 is 15.4 Å². The van der Waals surface area contributed by atoms with Crippen LogP contribution in [-0.4, -0.2) is 11.0 Å². The molecule has 0 aliphatic heterocycles. The molecule has 3 aromatic rings. The molecule has 3 aromatic carbocycles. The Morgan fingerprint density at radius 1 is 0.964 bits per heavy atom. The largest absolute Gasteiger partial charge is 0.489 e. The second-order valence-electron chi connectivity index (χ2n) is 6.46. The smallest absolute Gasteiger partial charge is 0.257 e. The van der Waals surface area contributed by atoms with Crippen LogP contribution in [0.25, 0.3) is 0 Å². The minimum Gasteiger partial charge on any atom is -0.489 e. The molecule has 142 valence electrons. The predicted molar refractivity (Wildman–Crippen MR) is 117 cm³/mol. The van der Waals surface area contributed by atoms with Gasteiger partial charge in [0, 0.05) is 11.3 Å². The minimum absolute atomic E-state index is 0.259. The summed E-state index contributed by atoms with van der Waals surface area (Å²) in [6, 6.07) is 22.8. The van der Waals surface area contributed by atoms with Crippen LogP contribution in [0.1, 0.15) is 27.0 Å². The van der Waals surface area contributed by atoms with Crippen molar-refractivity contribution < 1.29 is 9.53 Å². The Kier molecular flexibility index (Phi) is 6.40. The van der Waals surface area contributed by atoms with Crippen LogP contribution in [0.15, 0.2) is 72.8 Å². The fraction of sp³-hybridized carbons (Fsp3) is 0.130. The van der Waals surface area contributed by atoms with E-state index in [1.165, 1.54) is 0 Å². The van der Waals surface area contributed by atoms with Crippen LogP contribution in [-0.2, 0) is 6.61 Å². The fourth-order valence-corrected chi connectivity index (χ4v) is 2.89. The van der Waals surface area contributed by atoms with Gasteiger partial charge < -0.3 is 10.1 Å². The summed E-state index contributed by atoms with van der Waals surface area (Å²) in [5.74, 6) is 0.345. The molecular formula is C23H22N2O2S. The Morgan fingerprint density at radius 2 is 1.71 bits per heavy atom. The van der Waals surface area contributed by atoms with Crippen molar-refractivity contribution in [3.8, 4) is 5.75 Å². The normalized spacial score (nSPS) is 10.2. The van der Waals surface area contributed by atoms with Gasteiger partial charge in [0.2, 0.25) is 0 Å². The molecule has 1 amide bonds. The Balaban J connectivity index is 1.61. The first-order chi connectivity index (χ1) is 13.5. The summed E-state index contributed by atoms with van der Waals surface area (Å²) >= 11 is 5.29. The van der Waals surface area contributed by atoms with Crippen LogP contribution in [0.2, 0.25) is 0 Å². The Bertz CT molecular complexity index is 987. The number of aryl methyl sites for hydroxylation is 1. The molecule has 0 spiro atoms. The molecule has 28 heavy (non-hydrogen) atoms. The lowest BCUT2D eigenvalue weighted by molar-refractivity contribution is 0.0977. The third-order valence-corrected chi connectivity index (χ3v) is 4.63. The van der Waals surface area contributed by atoms with Gasteiger partial charge in [-0.05, 0) is 67.0 Å². The minimum atomic E-state index is -0.284. The zero-order chi connectivity index (χ0) is 19.9. The van der Waals surface area contributed by atoms with Crippen LogP contribution in [0.5, 0.6) is 5.75 Å². The molecule has 0 fully saturated rings. The molecule has 0 bridgehead atoms. The van der Waals surface area contributed by atoms with Crippen molar-refractivity contribution in [2.75, 3.05) is 5.32 Å². The van der Waals surface area contributed by atoms with E-state index in [2.05, 4.69) is 10.6 Å². The molecule has 0 aliphatic rings. The van der Waals surface area contributed by atoms with Gasteiger partial charge in [-0.2, -0.15) is 0 Å². The highest BCUT2D eigenvalue weighted by Crippen LogP contribution is 2.18. The summed E-state index contributed by atoms with van der Waals surface area (Å²) in [5.41, 5.74) is 4.68. The first-order valence-electron chi connectivity index (χ1n) is 8.98. The average Bonchev–Trinajstić information content (AvgIpc) is 2.71. The molecule has 0 heterocycles. The van der Waals surface area contributed by atoms with Crippen molar-refractivity contribution in [2.45, 2.75) is 20.5 Å². The van der Waals surface area contributed by atoms with Crippen molar-refractivity contribution in [1.82, 2.24) is 5.32 Å². The molecule has 4 nitrogen and oxygen atoms in total. The van der Waals surface area contributed by atoms with Gasteiger partial charge in [0.1, 0.15) is 12.4 Å². The summed E-state index contributed by atoms with van der Waals surface area (Å²) in [5, 5.41) is 6.06. The van der Waals surface area contributed by atoms with E-state index in [9.17, 15) is 4.79 Å². The third kappa shape index (κ3) is 5.18.